The molecule has 1 atom stereocenters. The number of hydrogen-bond acceptors (Lipinski definition) is 4. The number of aromatic nitrogens is 3. The molecule has 84 valence electrons. The van der Waals surface area contributed by atoms with Crippen molar-refractivity contribution in [3.05, 3.63) is 12.4 Å². The van der Waals surface area contributed by atoms with E-state index in [1.54, 1.807) is 24.1 Å². The van der Waals surface area contributed by atoms with Crippen LogP contribution < -0.4 is 5.32 Å². The minimum Gasteiger partial charge on any atom is -0.480 e. The van der Waals surface area contributed by atoms with Crippen molar-refractivity contribution in [3.63, 3.8) is 0 Å². The molecule has 1 rings (SSSR count). The molecule has 0 aliphatic heterocycles. The standard InChI is InChI=1S/C9H16N4O2/c1-10-8(9(14)15)4-2-3-6-13-7-5-11-12-13/h5,7-8,10H,2-4,6H2,1H3,(H,14,15)/t8-/m0/s1. The Morgan fingerprint density at radius 2 is 2.40 bits per heavy atom. The lowest BCUT2D eigenvalue weighted by molar-refractivity contribution is -0.139. The number of carboxylic acid groups (broad SMARTS) is 1. The summed E-state index contributed by atoms with van der Waals surface area (Å²) in [5, 5.41) is 19.0. The number of aliphatic carboxylic acids is 1. The van der Waals surface area contributed by atoms with Crippen LogP contribution in [0.5, 0.6) is 0 Å². The van der Waals surface area contributed by atoms with Gasteiger partial charge in [0.2, 0.25) is 0 Å². The van der Waals surface area contributed by atoms with Crippen molar-refractivity contribution in [3.8, 4) is 0 Å². The number of carboxylic acids is 1. The lowest BCUT2D eigenvalue weighted by Crippen LogP contribution is -2.33. The number of nitrogens with zero attached hydrogens (tertiary/aromatic N) is 3. The zero-order chi connectivity index (χ0) is 11.1. The first-order valence-corrected chi connectivity index (χ1v) is 4.98. The summed E-state index contributed by atoms with van der Waals surface area (Å²) in [5.41, 5.74) is 0. The lowest BCUT2D eigenvalue weighted by atomic mass is 10.1. The summed E-state index contributed by atoms with van der Waals surface area (Å²) < 4.78 is 1.75. The summed E-state index contributed by atoms with van der Waals surface area (Å²) in [6.07, 6.45) is 5.84. The molecule has 15 heavy (non-hydrogen) atoms. The molecule has 0 radical (unpaired) electrons. The molecule has 0 aromatic carbocycles. The van der Waals surface area contributed by atoms with E-state index >= 15 is 0 Å². The molecule has 2 N–H and O–H groups in total. The van der Waals surface area contributed by atoms with E-state index in [1.807, 2.05) is 0 Å². The quantitative estimate of drug-likeness (QED) is 0.627. The van der Waals surface area contributed by atoms with Crippen LogP contribution in [0.25, 0.3) is 0 Å². The van der Waals surface area contributed by atoms with Crippen LogP contribution in [0.1, 0.15) is 19.3 Å². The second kappa shape index (κ2) is 6.13. The third-order valence-corrected chi connectivity index (χ3v) is 2.25. The normalized spacial score (nSPS) is 12.6. The molecule has 1 heterocycles. The Bertz CT molecular complexity index is 286. The fourth-order valence-electron chi connectivity index (χ4n) is 1.37. The molecule has 1 aromatic heterocycles. The highest BCUT2D eigenvalue weighted by Crippen LogP contribution is 2.02. The number of likely N-dealkylation sites (N-methyl/N-ethyl adjacent to an activating group) is 1. The predicted molar refractivity (Wildman–Crippen MR) is 54.4 cm³/mol. The van der Waals surface area contributed by atoms with Crippen molar-refractivity contribution in [1.82, 2.24) is 20.3 Å². The lowest BCUT2D eigenvalue weighted by Gasteiger charge is -2.10. The van der Waals surface area contributed by atoms with Gasteiger partial charge < -0.3 is 10.4 Å². The number of carbonyl (C=O) groups is 1. The summed E-state index contributed by atoms with van der Waals surface area (Å²) >= 11 is 0. The summed E-state index contributed by atoms with van der Waals surface area (Å²) in [5.74, 6) is -0.793. The van der Waals surface area contributed by atoms with Gasteiger partial charge in [0, 0.05) is 12.7 Å². The van der Waals surface area contributed by atoms with Crippen LogP contribution in [0.3, 0.4) is 0 Å². The molecule has 0 saturated heterocycles. The number of rotatable bonds is 7. The maximum absolute atomic E-state index is 10.7. The van der Waals surface area contributed by atoms with Crippen LogP contribution in [0.15, 0.2) is 12.4 Å². The highest BCUT2D eigenvalue weighted by molar-refractivity contribution is 5.73. The topological polar surface area (TPSA) is 80.0 Å². The number of unbranched alkanes of at least 4 members (excludes halogenated alkanes) is 1. The molecule has 6 heteroatoms. The Kier molecular flexibility index (Phi) is 4.76. The zero-order valence-corrected chi connectivity index (χ0v) is 8.76. The van der Waals surface area contributed by atoms with Gasteiger partial charge in [0.25, 0.3) is 0 Å². The van der Waals surface area contributed by atoms with Crippen LogP contribution in [0, 0.1) is 0 Å². The van der Waals surface area contributed by atoms with Gasteiger partial charge in [-0.15, -0.1) is 5.10 Å². The largest absolute Gasteiger partial charge is 0.480 e. The first-order valence-electron chi connectivity index (χ1n) is 4.98. The fourth-order valence-corrected chi connectivity index (χ4v) is 1.37. The smallest absolute Gasteiger partial charge is 0.320 e. The first-order chi connectivity index (χ1) is 7.24. The van der Waals surface area contributed by atoms with Crippen molar-refractivity contribution >= 4 is 5.97 Å². The predicted octanol–water partition coefficient (Wildman–Crippen LogP) is 0.121. The average molecular weight is 212 g/mol. The van der Waals surface area contributed by atoms with Gasteiger partial charge in [-0.3, -0.25) is 9.48 Å². The summed E-state index contributed by atoms with van der Waals surface area (Å²) in [4.78, 5) is 10.7. The van der Waals surface area contributed by atoms with Crippen molar-refractivity contribution in [2.45, 2.75) is 31.8 Å². The Morgan fingerprint density at radius 1 is 1.60 bits per heavy atom. The molecule has 0 fully saturated rings. The molecule has 0 bridgehead atoms. The van der Waals surface area contributed by atoms with E-state index in [9.17, 15) is 4.79 Å². The van der Waals surface area contributed by atoms with Gasteiger partial charge >= 0.3 is 5.97 Å². The van der Waals surface area contributed by atoms with Crippen molar-refractivity contribution in [1.29, 1.82) is 0 Å². The van der Waals surface area contributed by atoms with Gasteiger partial charge in [-0.1, -0.05) is 5.21 Å². The van der Waals surface area contributed by atoms with E-state index < -0.39 is 12.0 Å². The maximum atomic E-state index is 10.7. The maximum Gasteiger partial charge on any atom is 0.320 e. The number of nitrogens with one attached hydrogen (secondary N) is 1. The van der Waals surface area contributed by atoms with E-state index in [1.165, 1.54) is 0 Å². The van der Waals surface area contributed by atoms with E-state index in [2.05, 4.69) is 15.6 Å². The molecule has 0 aliphatic carbocycles. The Hall–Kier alpha value is -1.43. The Balaban J connectivity index is 2.13. The van der Waals surface area contributed by atoms with Gasteiger partial charge in [0.15, 0.2) is 0 Å². The van der Waals surface area contributed by atoms with Crippen LogP contribution in [0.4, 0.5) is 0 Å². The summed E-state index contributed by atoms with van der Waals surface area (Å²) in [7, 11) is 1.66. The molecule has 0 saturated carbocycles. The minimum absolute atomic E-state index is 0.444. The third-order valence-electron chi connectivity index (χ3n) is 2.25. The van der Waals surface area contributed by atoms with E-state index in [0.29, 0.717) is 6.42 Å². The van der Waals surface area contributed by atoms with Gasteiger partial charge in [-0.2, -0.15) is 0 Å². The molecular weight excluding hydrogens is 196 g/mol. The van der Waals surface area contributed by atoms with Crippen molar-refractivity contribution < 1.29 is 9.90 Å². The second-order valence-electron chi connectivity index (χ2n) is 3.34. The molecular formula is C9H16N4O2. The fraction of sp³-hybridized carbons (Fsp3) is 0.667. The second-order valence-corrected chi connectivity index (χ2v) is 3.34. The van der Waals surface area contributed by atoms with Crippen molar-refractivity contribution in [2.75, 3.05) is 7.05 Å². The molecule has 6 nitrogen and oxygen atoms in total. The van der Waals surface area contributed by atoms with Crippen LogP contribution in [-0.2, 0) is 11.3 Å². The first kappa shape index (κ1) is 11.6. The van der Waals surface area contributed by atoms with Crippen LogP contribution >= 0.6 is 0 Å². The Morgan fingerprint density at radius 3 is 2.93 bits per heavy atom. The third kappa shape index (κ3) is 4.07. The van der Waals surface area contributed by atoms with Crippen molar-refractivity contribution in [2.24, 2.45) is 0 Å². The zero-order valence-electron chi connectivity index (χ0n) is 8.76. The van der Waals surface area contributed by atoms with Gasteiger partial charge in [0.1, 0.15) is 6.04 Å². The highest BCUT2D eigenvalue weighted by Gasteiger charge is 2.13. The number of aryl methyl sites for hydroxylation is 1. The van der Waals surface area contributed by atoms with Gasteiger partial charge in [-0.25, -0.2) is 0 Å². The van der Waals surface area contributed by atoms with Gasteiger partial charge in [-0.05, 0) is 26.3 Å². The van der Waals surface area contributed by atoms with Gasteiger partial charge in [0.05, 0.1) is 6.20 Å². The Labute approximate surface area is 88.3 Å². The summed E-state index contributed by atoms with van der Waals surface area (Å²) in [6.45, 7) is 0.788. The summed E-state index contributed by atoms with van der Waals surface area (Å²) in [6, 6.07) is -0.444. The molecule has 0 aliphatic rings. The highest BCUT2D eigenvalue weighted by atomic mass is 16.4. The monoisotopic (exact) mass is 212 g/mol. The average Bonchev–Trinajstić information content (AvgIpc) is 2.70. The van der Waals surface area contributed by atoms with Crippen LogP contribution in [-0.4, -0.2) is 39.2 Å². The number of hydrogen-bond donors (Lipinski definition) is 2. The SMILES string of the molecule is CN[C@@H](CCCCn1ccnn1)C(=O)O. The van der Waals surface area contributed by atoms with E-state index in [0.717, 1.165) is 19.4 Å². The molecule has 0 unspecified atom stereocenters. The molecule has 0 spiro atoms. The minimum atomic E-state index is -0.793. The van der Waals surface area contributed by atoms with E-state index in [4.69, 9.17) is 5.11 Å². The van der Waals surface area contributed by atoms with Crippen LogP contribution in [0.2, 0.25) is 0 Å². The molecule has 1 aromatic rings. The van der Waals surface area contributed by atoms with E-state index in [-0.39, 0.29) is 0 Å². The molecule has 0 amide bonds.